The molecule has 0 bridgehead atoms. The lowest BCUT2D eigenvalue weighted by atomic mass is 10.3. The predicted octanol–water partition coefficient (Wildman–Crippen LogP) is 4.19. The van der Waals surface area contributed by atoms with Gasteiger partial charge in [0, 0.05) is 6.54 Å². The van der Waals surface area contributed by atoms with Crippen LogP contribution in [-0.4, -0.2) is 30.3 Å². The fourth-order valence-corrected chi connectivity index (χ4v) is 3.87. The molecule has 0 aliphatic heterocycles. The third-order valence-electron chi connectivity index (χ3n) is 3.99. The number of thiazole rings is 1. The molecular formula is C22H24N2O4S. The third-order valence-corrected chi connectivity index (χ3v) is 5.04. The number of ether oxygens (including phenoxy) is 3. The fourth-order valence-electron chi connectivity index (χ4n) is 2.78. The zero-order valence-corrected chi connectivity index (χ0v) is 17.4. The van der Waals surface area contributed by atoms with Crippen LogP contribution in [0, 0.1) is 0 Å². The van der Waals surface area contributed by atoms with Crippen LogP contribution in [0.1, 0.15) is 13.8 Å². The smallest absolute Gasteiger partial charge is 0.286 e. The van der Waals surface area contributed by atoms with Gasteiger partial charge in [0.15, 0.2) is 11.4 Å². The van der Waals surface area contributed by atoms with Crippen LogP contribution >= 0.6 is 11.3 Å². The molecule has 7 heteroatoms. The molecule has 1 amide bonds. The van der Waals surface area contributed by atoms with E-state index in [1.807, 2.05) is 36.6 Å². The minimum absolute atomic E-state index is 0.138. The Hall–Kier alpha value is -3.06. The minimum Gasteiger partial charge on any atom is -0.494 e. The van der Waals surface area contributed by atoms with Gasteiger partial charge in [-0.3, -0.25) is 4.79 Å². The first-order valence-corrected chi connectivity index (χ1v) is 10.3. The number of nitrogens with zero attached hydrogens (tertiary/aromatic N) is 2. The highest BCUT2D eigenvalue weighted by Gasteiger charge is 2.09. The molecule has 152 valence electrons. The van der Waals surface area contributed by atoms with E-state index in [2.05, 4.69) is 11.6 Å². The maximum absolute atomic E-state index is 12.4. The van der Waals surface area contributed by atoms with Gasteiger partial charge in [0.1, 0.15) is 17.2 Å². The van der Waals surface area contributed by atoms with Crippen LogP contribution in [-0.2, 0) is 11.3 Å². The number of aromatic nitrogens is 1. The Morgan fingerprint density at radius 1 is 1.03 bits per heavy atom. The summed E-state index contributed by atoms with van der Waals surface area (Å²) in [6.45, 7) is 9.29. The SMILES string of the molecule is C=CCn1c(=NC(=O)COc2ccc(OCC)cc2)sc2cc(OCC)ccc21. The molecular weight excluding hydrogens is 388 g/mol. The molecule has 1 aromatic heterocycles. The first-order chi connectivity index (χ1) is 14.1. The Labute approximate surface area is 173 Å². The van der Waals surface area contributed by atoms with E-state index in [1.165, 1.54) is 11.3 Å². The fraction of sp³-hybridized carbons (Fsp3) is 0.273. The topological polar surface area (TPSA) is 62.1 Å². The highest BCUT2D eigenvalue weighted by atomic mass is 32.1. The van der Waals surface area contributed by atoms with E-state index in [0.29, 0.717) is 30.3 Å². The average Bonchev–Trinajstić information content (AvgIpc) is 3.04. The highest BCUT2D eigenvalue weighted by Crippen LogP contribution is 2.23. The lowest BCUT2D eigenvalue weighted by Crippen LogP contribution is -2.19. The number of hydrogen-bond donors (Lipinski definition) is 0. The summed E-state index contributed by atoms with van der Waals surface area (Å²) in [6, 6.07) is 13.0. The maximum atomic E-state index is 12.4. The first kappa shape index (κ1) is 20.7. The van der Waals surface area contributed by atoms with Crippen molar-refractivity contribution >= 4 is 27.5 Å². The molecule has 3 aromatic rings. The van der Waals surface area contributed by atoms with Crippen molar-refractivity contribution in [3.8, 4) is 17.2 Å². The summed E-state index contributed by atoms with van der Waals surface area (Å²) in [6.07, 6.45) is 1.78. The van der Waals surface area contributed by atoms with Crippen molar-refractivity contribution in [2.45, 2.75) is 20.4 Å². The van der Waals surface area contributed by atoms with E-state index in [-0.39, 0.29) is 12.5 Å². The number of benzene rings is 2. The molecule has 29 heavy (non-hydrogen) atoms. The van der Waals surface area contributed by atoms with Crippen LogP contribution in [0.2, 0.25) is 0 Å². The number of hydrogen-bond acceptors (Lipinski definition) is 5. The molecule has 0 fully saturated rings. The van der Waals surface area contributed by atoms with E-state index >= 15 is 0 Å². The standard InChI is InChI=1S/C22H24N2O4S/c1-4-13-24-19-12-11-18(27-6-3)14-20(19)29-22(24)23-21(25)15-28-17-9-7-16(8-10-17)26-5-2/h4,7-12,14H,1,5-6,13,15H2,2-3H3. The number of amides is 1. The summed E-state index contributed by atoms with van der Waals surface area (Å²) < 4.78 is 19.5. The van der Waals surface area contributed by atoms with Gasteiger partial charge in [0.2, 0.25) is 0 Å². The monoisotopic (exact) mass is 412 g/mol. The second kappa shape index (κ2) is 9.93. The van der Waals surface area contributed by atoms with Crippen molar-refractivity contribution in [3.05, 3.63) is 59.9 Å². The Morgan fingerprint density at radius 2 is 1.66 bits per heavy atom. The summed E-state index contributed by atoms with van der Waals surface area (Å²) in [7, 11) is 0. The Kier molecular flexibility index (Phi) is 7.08. The van der Waals surface area contributed by atoms with E-state index in [1.54, 1.807) is 30.3 Å². The van der Waals surface area contributed by atoms with Crippen LogP contribution in [0.3, 0.4) is 0 Å². The normalized spacial score (nSPS) is 11.4. The quantitative estimate of drug-likeness (QED) is 0.495. The second-order valence-corrected chi connectivity index (χ2v) is 7.05. The molecule has 6 nitrogen and oxygen atoms in total. The number of rotatable bonds is 9. The molecule has 3 rings (SSSR count). The van der Waals surface area contributed by atoms with Gasteiger partial charge in [-0.2, -0.15) is 4.99 Å². The van der Waals surface area contributed by atoms with Crippen LogP contribution in [0.5, 0.6) is 17.2 Å². The zero-order chi connectivity index (χ0) is 20.6. The van der Waals surface area contributed by atoms with Gasteiger partial charge in [0.05, 0.1) is 23.4 Å². The Bertz CT molecular complexity index is 1050. The van der Waals surface area contributed by atoms with Crippen LogP contribution in [0.4, 0.5) is 0 Å². The largest absolute Gasteiger partial charge is 0.494 e. The second-order valence-electron chi connectivity index (χ2n) is 6.05. The van der Waals surface area contributed by atoms with Gasteiger partial charge in [-0.25, -0.2) is 0 Å². The molecule has 0 aliphatic rings. The molecule has 0 atom stereocenters. The van der Waals surface area contributed by atoms with Gasteiger partial charge in [0.25, 0.3) is 5.91 Å². The van der Waals surface area contributed by atoms with Crippen molar-refractivity contribution < 1.29 is 19.0 Å². The Morgan fingerprint density at radius 3 is 2.31 bits per heavy atom. The van der Waals surface area contributed by atoms with Gasteiger partial charge >= 0.3 is 0 Å². The molecule has 0 saturated heterocycles. The van der Waals surface area contributed by atoms with Crippen molar-refractivity contribution in [2.75, 3.05) is 19.8 Å². The molecule has 2 aromatic carbocycles. The number of carbonyl (C=O) groups is 1. The van der Waals surface area contributed by atoms with E-state index in [4.69, 9.17) is 14.2 Å². The Balaban J connectivity index is 1.79. The number of allylic oxidation sites excluding steroid dienone is 1. The molecule has 0 N–H and O–H groups in total. The summed E-state index contributed by atoms with van der Waals surface area (Å²) in [5.74, 6) is 1.80. The highest BCUT2D eigenvalue weighted by molar-refractivity contribution is 7.16. The van der Waals surface area contributed by atoms with Gasteiger partial charge in [-0.1, -0.05) is 17.4 Å². The van der Waals surface area contributed by atoms with Crippen molar-refractivity contribution in [1.82, 2.24) is 4.57 Å². The van der Waals surface area contributed by atoms with Gasteiger partial charge in [-0.15, -0.1) is 6.58 Å². The lowest BCUT2D eigenvalue weighted by molar-refractivity contribution is -0.120. The predicted molar refractivity (Wildman–Crippen MR) is 115 cm³/mol. The van der Waals surface area contributed by atoms with Crippen LogP contribution in [0.15, 0.2) is 60.1 Å². The average molecular weight is 413 g/mol. The molecule has 0 aliphatic carbocycles. The van der Waals surface area contributed by atoms with Crippen molar-refractivity contribution in [2.24, 2.45) is 4.99 Å². The summed E-state index contributed by atoms with van der Waals surface area (Å²) in [4.78, 5) is 17.2. The first-order valence-electron chi connectivity index (χ1n) is 9.45. The van der Waals surface area contributed by atoms with Gasteiger partial charge < -0.3 is 18.8 Å². The molecule has 0 unspecified atom stereocenters. The van der Waals surface area contributed by atoms with Crippen molar-refractivity contribution in [3.63, 3.8) is 0 Å². The van der Waals surface area contributed by atoms with Crippen LogP contribution < -0.4 is 19.0 Å². The lowest BCUT2D eigenvalue weighted by Gasteiger charge is -2.06. The van der Waals surface area contributed by atoms with Crippen molar-refractivity contribution in [1.29, 1.82) is 0 Å². The molecule has 0 saturated carbocycles. The summed E-state index contributed by atoms with van der Waals surface area (Å²) >= 11 is 1.44. The summed E-state index contributed by atoms with van der Waals surface area (Å²) in [5, 5.41) is 0. The maximum Gasteiger partial charge on any atom is 0.286 e. The number of fused-ring (bicyclic) bond motifs is 1. The van der Waals surface area contributed by atoms with Gasteiger partial charge in [-0.05, 0) is 56.3 Å². The minimum atomic E-state index is -0.353. The molecule has 0 radical (unpaired) electrons. The van der Waals surface area contributed by atoms with E-state index in [0.717, 1.165) is 21.7 Å². The third kappa shape index (κ3) is 5.26. The van der Waals surface area contributed by atoms with E-state index in [9.17, 15) is 4.79 Å². The summed E-state index contributed by atoms with van der Waals surface area (Å²) in [5.41, 5.74) is 0.984. The van der Waals surface area contributed by atoms with E-state index < -0.39 is 0 Å². The van der Waals surface area contributed by atoms with Crippen LogP contribution in [0.25, 0.3) is 10.2 Å². The number of carbonyl (C=O) groups excluding carboxylic acids is 1. The molecule has 0 spiro atoms. The zero-order valence-electron chi connectivity index (χ0n) is 16.6. The molecule has 1 heterocycles.